The van der Waals surface area contributed by atoms with Crippen molar-refractivity contribution < 1.29 is 14.3 Å². The summed E-state index contributed by atoms with van der Waals surface area (Å²) in [6.07, 6.45) is 1.24. The molecule has 1 atom stereocenters. The van der Waals surface area contributed by atoms with E-state index in [1.54, 1.807) is 14.0 Å². The molecule has 0 bridgehead atoms. The standard InChI is InChI=1S/C24H31N3O3/c1-17-6-9-20(18(2)14-17)15-26(4)16-27-22(28)24(3,25-23(27)29)13-12-19-7-10-21(30-5)11-8-19/h6-11,14H,12-13,15-16H2,1-5H3,(H,25,29)/t24-/m0/s1. The highest BCUT2D eigenvalue weighted by Gasteiger charge is 2.47. The number of hydrogen-bond donors (Lipinski definition) is 1. The summed E-state index contributed by atoms with van der Waals surface area (Å²) in [5.74, 6) is 0.627. The van der Waals surface area contributed by atoms with E-state index in [9.17, 15) is 9.59 Å². The summed E-state index contributed by atoms with van der Waals surface area (Å²) in [5.41, 5.74) is 3.84. The Balaban J connectivity index is 1.61. The van der Waals surface area contributed by atoms with Crippen LogP contribution in [0, 0.1) is 13.8 Å². The van der Waals surface area contributed by atoms with Gasteiger partial charge in [-0.2, -0.15) is 0 Å². The molecular formula is C24H31N3O3. The number of carbonyl (C=O) groups excluding carboxylic acids is 2. The van der Waals surface area contributed by atoms with Gasteiger partial charge in [-0.25, -0.2) is 9.69 Å². The zero-order valence-electron chi connectivity index (χ0n) is 18.5. The Labute approximate surface area is 178 Å². The van der Waals surface area contributed by atoms with Gasteiger partial charge in [0, 0.05) is 6.54 Å². The number of rotatable bonds is 8. The van der Waals surface area contributed by atoms with Crippen LogP contribution < -0.4 is 10.1 Å². The van der Waals surface area contributed by atoms with E-state index in [0.717, 1.165) is 11.3 Å². The van der Waals surface area contributed by atoms with E-state index in [1.165, 1.54) is 21.6 Å². The minimum Gasteiger partial charge on any atom is -0.497 e. The van der Waals surface area contributed by atoms with Crippen LogP contribution in [0.25, 0.3) is 0 Å². The van der Waals surface area contributed by atoms with Gasteiger partial charge in [-0.3, -0.25) is 9.69 Å². The second kappa shape index (κ2) is 8.88. The summed E-state index contributed by atoms with van der Waals surface area (Å²) in [6, 6.07) is 13.8. The molecular weight excluding hydrogens is 378 g/mol. The summed E-state index contributed by atoms with van der Waals surface area (Å²) in [4.78, 5) is 28.9. The van der Waals surface area contributed by atoms with Crippen molar-refractivity contribution in [2.45, 2.75) is 45.7 Å². The molecule has 0 aromatic heterocycles. The number of methoxy groups -OCH3 is 1. The van der Waals surface area contributed by atoms with Gasteiger partial charge < -0.3 is 10.1 Å². The summed E-state index contributed by atoms with van der Waals surface area (Å²) < 4.78 is 5.18. The van der Waals surface area contributed by atoms with Gasteiger partial charge in [0.2, 0.25) is 0 Å². The van der Waals surface area contributed by atoms with Crippen LogP contribution in [0.15, 0.2) is 42.5 Å². The van der Waals surface area contributed by atoms with Crippen molar-refractivity contribution in [1.82, 2.24) is 15.1 Å². The quantitative estimate of drug-likeness (QED) is 0.676. The number of benzene rings is 2. The van der Waals surface area contributed by atoms with Crippen molar-refractivity contribution in [1.29, 1.82) is 0 Å². The Kier molecular flexibility index (Phi) is 6.46. The summed E-state index contributed by atoms with van der Waals surface area (Å²) in [6.45, 7) is 6.89. The van der Waals surface area contributed by atoms with E-state index in [1.807, 2.05) is 36.2 Å². The molecule has 3 rings (SSSR count). The van der Waals surface area contributed by atoms with E-state index in [0.29, 0.717) is 19.4 Å². The lowest BCUT2D eigenvalue weighted by Gasteiger charge is -2.25. The maximum Gasteiger partial charge on any atom is 0.326 e. The summed E-state index contributed by atoms with van der Waals surface area (Å²) in [7, 11) is 3.56. The number of imide groups is 1. The Morgan fingerprint density at radius 1 is 1.10 bits per heavy atom. The third-order valence-corrected chi connectivity index (χ3v) is 5.74. The monoisotopic (exact) mass is 409 g/mol. The maximum atomic E-state index is 13.1. The van der Waals surface area contributed by atoms with Gasteiger partial charge in [0.15, 0.2) is 0 Å². The van der Waals surface area contributed by atoms with Crippen LogP contribution in [0.4, 0.5) is 4.79 Å². The Morgan fingerprint density at radius 3 is 2.43 bits per heavy atom. The molecule has 1 aliphatic heterocycles. The van der Waals surface area contributed by atoms with Crippen LogP contribution in [0.5, 0.6) is 5.75 Å². The van der Waals surface area contributed by atoms with Gasteiger partial charge in [-0.05, 0) is 69.5 Å². The second-order valence-corrected chi connectivity index (χ2v) is 8.43. The first-order chi connectivity index (χ1) is 14.2. The predicted octanol–water partition coefficient (Wildman–Crippen LogP) is 3.64. The molecule has 1 N–H and O–H groups in total. The number of ether oxygens (including phenoxy) is 1. The molecule has 2 aromatic rings. The number of carbonyl (C=O) groups is 2. The predicted molar refractivity (Wildman–Crippen MR) is 117 cm³/mol. The lowest BCUT2D eigenvalue weighted by atomic mass is 9.93. The zero-order chi connectivity index (χ0) is 21.9. The molecule has 160 valence electrons. The molecule has 0 saturated carbocycles. The number of urea groups is 1. The van der Waals surface area contributed by atoms with E-state index < -0.39 is 5.54 Å². The molecule has 0 aliphatic carbocycles. The summed E-state index contributed by atoms with van der Waals surface area (Å²) in [5, 5.41) is 2.90. The van der Waals surface area contributed by atoms with Gasteiger partial charge in [0.05, 0.1) is 13.8 Å². The highest BCUT2D eigenvalue weighted by Crippen LogP contribution is 2.24. The van der Waals surface area contributed by atoms with E-state index in [4.69, 9.17) is 4.74 Å². The molecule has 6 nitrogen and oxygen atoms in total. The highest BCUT2D eigenvalue weighted by atomic mass is 16.5. The third kappa shape index (κ3) is 4.82. The van der Waals surface area contributed by atoms with Crippen LogP contribution in [-0.4, -0.2) is 48.1 Å². The van der Waals surface area contributed by atoms with E-state index in [-0.39, 0.29) is 18.6 Å². The van der Waals surface area contributed by atoms with E-state index >= 15 is 0 Å². The van der Waals surface area contributed by atoms with Crippen LogP contribution in [0.3, 0.4) is 0 Å². The molecule has 1 aliphatic rings. The fraction of sp³-hybridized carbons (Fsp3) is 0.417. The zero-order valence-corrected chi connectivity index (χ0v) is 18.5. The van der Waals surface area contributed by atoms with Gasteiger partial charge in [0.25, 0.3) is 5.91 Å². The van der Waals surface area contributed by atoms with Gasteiger partial charge in [-0.1, -0.05) is 35.9 Å². The molecule has 1 fully saturated rings. The number of amides is 3. The lowest BCUT2D eigenvalue weighted by molar-refractivity contribution is -0.132. The van der Waals surface area contributed by atoms with Crippen molar-refractivity contribution in [3.8, 4) is 5.75 Å². The first kappa shape index (κ1) is 21.8. The molecule has 0 unspecified atom stereocenters. The first-order valence-corrected chi connectivity index (χ1v) is 10.2. The fourth-order valence-electron chi connectivity index (χ4n) is 3.84. The minimum atomic E-state index is -0.891. The molecule has 1 heterocycles. The fourth-order valence-corrected chi connectivity index (χ4v) is 3.84. The van der Waals surface area contributed by atoms with Crippen LogP contribution in [0.1, 0.15) is 35.6 Å². The normalized spacial score (nSPS) is 18.8. The highest BCUT2D eigenvalue weighted by molar-refractivity contribution is 6.06. The van der Waals surface area contributed by atoms with Crippen molar-refractivity contribution in [2.24, 2.45) is 0 Å². The molecule has 0 radical (unpaired) electrons. The number of aryl methyl sites for hydroxylation is 3. The van der Waals surface area contributed by atoms with Crippen molar-refractivity contribution >= 4 is 11.9 Å². The third-order valence-electron chi connectivity index (χ3n) is 5.74. The average Bonchev–Trinajstić information content (AvgIpc) is 2.92. The summed E-state index contributed by atoms with van der Waals surface area (Å²) >= 11 is 0. The average molecular weight is 410 g/mol. The molecule has 2 aromatic carbocycles. The van der Waals surface area contributed by atoms with E-state index in [2.05, 4.69) is 37.4 Å². The van der Waals surface area contributed by atoms with Crippen LogP contribution in [-0.2, 0) is 17.8 Å². The van der Waals surface area contributed by atoms with Crippen LogP contribution in [0.2, 0.25) is 0 Å². The minimum absolute atomic E-state index is 0.173. The molecule has 3 amide bonds. The largest absolute Gasteiger partial charge is 0.497 e. The topological polar surface area (TPSA) is 61.9 Å². The Morgan fingerprint density at radius 2 is 1.80 bits per heavy atom. The van der Waals surface area contributed by atoms with Crippen LogP contribution >= 0.6 is 0 Å². The molecule has 6 heteroatoms. The number of nitrogens with one attached hydrogen (secondary N) is 1. The maximum absolute atomic E-state index is 13.1. The number of hydrogen-bond acceptors (Lipinski definition) is 4. The lowest BCUT2D eigenvalue weighted by Crippen LogP contribution is -2.45. The smallest absolute Gasteiger partial charge is 0.326 e. The van der Waals surface area contributed by atoms with Gasteiger partial charge in [-0.15, -0.1) is 0 Å². The first-order valence-electron chi connectivity index (χ1n) is 10.2. The van der Waals surface area contributed by atoms with Gasteiger partial charge >= 0.3 is 6.03 Å². The Hall–Kier alpha value is -2.86. The van der Waals surface area contributed by atoms with Crippen molar-refractivity contribution in [3.63, 3.8) is 0 Å². The second-order valence-electron chi connectivity index (χ2n) is 8.43. The SMILES string of the molecule is COc1ccc(CC[C@]2(C)NC(=O)N(CN(C)Cc3ccc(C)cc3C)C2=O)cc1. The molecule has 30 heavy (non-hydrogen) atoms. The van der Waals surface area contributed by atoms with Gasteiger partial charge in [0.1, 0.15) is 11.3 Å². The van der Waals surface area contributed by atoms with Crippen molar-refractivity contribution in [3.05, 3.63) is 64.7 Å². The molecule has 0 spiro atoms. The molecule has 1 saturated heterocycles. The Bertz CT molecular complexity index is 926. The number of nitrogens with zero attached hydrogens (tertiary/aromatic N) is 2. The van der Waals surface area contributed by atoms with Crippen molar-refractivity contribution in [2.75, 3.05) is 20.8 Å².